The molecule has 0 amide bonds. The summed E-state index contributed by atoms with van der Waals surface area (Å²) in [7, 11) is 0. The summed E-state index contributed by atoms with van der Waals surface area (Å²) in [5, 5.41) is 8.71. The maximum Gasteiger partial charge on any atom is 0.311 e. The highest BCUT2D eigenvalue weighted by atomic mass is 35.5. The molecule has 3 nitrogen and oxygen atoms in total. The smallest absolute Gasteiger partial charge is 0.311 e. The molecule has 1 aromatic carbocycles. The summed E-state index contributed by atoms with van der Waals surface area (Å²) in [6, 6.07) is 8.75. The number of nitrogens with zero attached hydrogens (tertiary/aromatic N) is 1. The van der Waals surface area contributed by atoms with Crippen LogP contribution in [0.15, 0.2) is 24.3 Å². The predicted octanol–water partition coefficient (Wildman–Crippen LogP) is 1.95. The van der Waals surface area contributed by atoms with Crippen LogP contribution in [0.4, 0.5) is 0 Å². The quantitative estimate of drug-likeness (QED) is 0.715. The Balaban J connectivity index is 2.57. The van der Waals surface area contributed by atoms with Crippen molar-refractivity contribution < 1.29 is 9.53 Å². The van der Waals surface area contributed by atoms with Crippen LogP contribution in [-0.2, 0) is 16.0 Å². The van der Waals surface area contributed by atoms with E-state index in [1.807, 2.05) is 0 Å². The van der Waals surface area contributed by atoms with E-state index in [0.29, 0.717) is 10.6 Å². The molecule has 0 fully saturated rings. The van der Waals surface area contributed by atoms with E-state index in [1.54, 1.807) is 30.3 Å². The van der Waals surface area contributed by atoms with Gasteiger partial charge in [0.1, 0.15) is 6.07 Å². The van der Waals surface area contributed by atoms with Gasteiger partial charge in [0, 0.05) is 5.02 Å². The molecule has 0 unspecified atom stereocenters. The molecule has 0 aliphatic heterocycles. The zero-order valence-corrected chi connectivity index (χ0v) is 8.12. The molecule has 72 valence electrons. The van der Waals surface area contributed by atoms with Gasteiger partial charge < -0.3 is 4.74 Å². The number of nitriles is 1. The van der Waals surface area contributed by atoms with E-state index in [9.17, 15) is 4.79 Å². The Morgan fingerprint density at radius 2 is 2.21 bits per heavy atom. The van der Waals surface area contributed by atoms with E-state index in [1.165, 1.54) is 0 Å². The lowest BCUT2D eigenvalue weighted by Gasteiger charge is -2.02. The first-order chi connectivity index (χ1) is 6.74. The van der Waals surface area contributed by atoms with Crippen molar-refractivity contribution in [3.05, 3.63) is 34.9 Å². The number of esters is 1. The van der Waals surface area contributed by atoms with Gasteiger partial charge >= 0.3 is 5.97 Å². The monoisotopic (exact) mass is 209 g/mol. The fourth-order valence-corrected chi connectivity index (χ4v) is 1.16. The maximum absolute atomic E-state index is 11.1. The lowest BCUT2D eigenvalue weighted by Crippen LogP contribution is -2.08. The molecular weight excluding hydrogens is 202 g/mol. The molecule has 0 radical (unpaired) electrons. The molecule has 0 aliphatic rings. The Kier molecular flexibility index (Phi) is 3.96. The van der Waals surface area contributed by atoms with E-state index < -0.39 is 5.97 Å². The minimum absolute atomic E-state index is 0.0986. The highest BCUT2D eigenvalue weighted by molar-refractivity contribution is 6.31. The average molecular weight is 210 g/mol. The number of halogens is 1. The summed E-state index contributed by atoms with van der Waals surface area (Å²) in [6.45, 7) is -0.219. The molecule has 0 saturated heterocycles. The highest BCUT2D eigenvalue weighted by Crippen LogP contribution is 2.15. The van der Waals surface area contributed by atoms with Crippen molar-refractivity contribution in [2.45, 2.75) is 6.42 Å². The highest BCUT2D eigenvalue weighted by Gasteiger charge is 2.06. The summed E-state index contributed by atoms with van der Waals surface area (Å²) in [4.78, 5) is 11.1. The number of hydrogen-bond acceptors (Lipinski definition) is 3. The van der Waals surface area contributed by atoms with Crippen molar-refractivity contribution in [2.24, 2.45) is 0 Å². The Morgan fingerprint density at radius 3 is 2.86 bits per heavy atom. The third-order valence-corrected chi connectivity index (χ3v) is 1.96. The van der Waals surface area contributed by atoms with Crippen LogP contribution in [0, 0.1) is 11.3 Å². The van der Waals surface area contributed by atoms with E-state index in [-0.39, 0.29) is 13.0 Å². The van der Waals surface area contributed by atoms with Gasteiger partial charge in [0.15, 0.2) is 6.61 Å². The first kappa shape index (κ1) is 10.6. The molecule has 0 bridgehead atoms. The molecule has 1 rings (SSSR count). The van der Waals surface area contributed by atoms with Crippen LogP contribution in [0.2, 0.25) is 5.02 Å². The van der Waals surface area contributed by atoms with E-state index in [0.717, 1.165) is 0 Å². The van der Waals surface area contributed by atoms with Gasteiger partial charge in [-0.15, -0.1) is 0 Å². The normalized spacial score (nSPS) is 9.14. The Hall–Kier alpha value is -1.53. The van der Waals surface area contributed by atoms with Gasteiger partial charge in [0.25, 0.3) is 0 Å². The number of rotatable bonds is 3. The van der Waals surface area contributed by atoms with Crippen LogP contribution in [0.5, 0.6) is 0 Å². The summed E-state index contributed by atoms with van der Waals surface area (Å²) in [5.41, 5.74) is 0.706. The van der Waals surface area contributed by atoms with Crippen LogP contribution in [0.1, 0.15) is 5.56 Å². The largest absolute Gasteiger partial charge is 0.450 e. The third-order valence-electron chi connectivity index (χ3n) is 1.59. The fraction of sp³-hybridized carbons (Fsp3) is 0.200. The van der Waals surface area contributed by atoms with Crippen LogP contribution in [0.3, 0.4) is 0 Å². The van der Waals surface area contributed by atoms with Crippen LogP contribution in [-0.4, -0.2) is 12.6 Å². The van der Waals surface area contributed by atoms with Gasteiger partial charge in [-0.1, -0.05) is 29.8 Å². The number of carbonyl (C=O) groups is 1. The molecule has 0 heterocycles. The Labute approximate surface area is 86.9 Å². The molecular formula is C10H8ClNO2. The van der Waals surface area contributed by atoms with Crippen molar-refractivity contribution in [1.29, 1.82) is 5.26 Å². The summed E-state index contributed by atoms with van der Waals surface area (Å²) < 4.78 is 4.59. The molecule has 0 atom stereocenters. The molecule has 0 N–H and O–H groups in total. The van der Waals surface area contributed by atoms with Gasteiger partial charge in [-0.05, 0) is 11.6 Å². The lowest BCUT2D eigenvalue weighted by atomic mass is 10.1. The molecule has 0 aliphatic carbocycles. The Bertz CT molecular complexity index is 371. The zero-order chi connectivity index (χ0) is 10.4. The van der Waals surface area contributed by atoms with Crippen molar-refractivity contribution in [2.75, 3.05) is 6.61 Å². The fourth-order valence-electron chi connectivity index (χ4n) is 0.961. The van der Waals surface area contributed by atoms with E-state index >= 15 is 0 Å². The second-order valence-corrected chi connectivity index (χ2v) is 2.99. The van der Waals surface area contributed by atoms with Gasteiger partial charge in [-0.25, -0.2) is 0 Å². The summed E-state index contributed by atoms with van der Waals surface area (Å²) in [6.07, 6.45) is 0.0986. The number of ether oxygens (including phenoxy) is 1. The predicted molar refractivity (Wildman–Crippen MR) is 51.7 cm³/mol. The molecule has 0 aromatic heterocycles. The van der Waals surface area contributed by atoms with Crippen LogP contribution in [0.25, 0.3) is 0 Å². The van der Waals surface area contributed by atoms with Gasteiger partial charge in [0.2, 0.25) is 0 Å². The van der Waals surface area contributed by atoms with Crippen molar-refractivity contribution in [3.8, 4) is 6.07 Å². The van der Waals surface area contributed by atoms with Crippen LogP contribution < -0.4 is 0 Å². The second kappa shape index (κ2) is 5.25. The van der Waals surface area contributed by atoms with E-state index in [2.05, 4.69) is 4.74 Å². The summed E-state index contributed by atoms with van der Waals surface area (Å²) >= 11 is 5.83. The average Bonchev–Trinajstić information content (AvgIpc) is 2.18. The standard InChI is InChI=1S/C10H8ClNO2/c11-9-4-2-1-3-8(9)7-10(13)14-6-5-12/h1-4H,6-7H2. The molecule has 1 aromatic rings. The van der Waals surface area contributed by atoms with Crippen LogP contribution >= 0.6 is 11.6 Å². The maximum atomic E-state index is 11.1. The minimum atomic E-state index is -0.445. The second-order valence-electron chi connectivity index (χ2n) is 2.59. The first-order valence-corrected chi connectivity index (χ1v) is 4.38. The number of benzene rings is 1. The number of hydrogen-bond donors (Lipinski definition) is 0. The van der Waals surface area contributed by atoms with Crippen molar-refractivity contribution in [3.63, 3.8) is 0 Å². The van der Waals surface area contributed by atoms with Gasteiger partial charge in [-0.3, -0.25) is 4.79 Å². The zero-order valence-electron chi connectivity index (χ0n) is 7.37. The minimum Gasteiger partial charge on any atom is -0.450 e. The topological polar surface area (TPSA) is 50.1 Å². The third kappa shape index (κ3) is 3.08. The Morgan fingerprint density at radius 1 is 1.50 bits per heavy atom. The van der Waals surface area contributed by atoms with E-state index in [4.69, 9.17) is 16.9 Å². The van der Waals surface area contributed by atoms with Gasteiger partial charge in [-0.2, -0.15) is 5.26 Å². The SMILES string of the molecule is N#CCOC(=O)Cc1ccccc1Cl. The van der Waals surface area contributed by atoms with Crippen molar-refractivity contribution in [1.82, 2.24) is 0 Å². The molecule has 0 saturated carbocycles. The molecule has 4 heteroatoms. The van der Waals surface area contributed by atoms with Crippen molar-refractivity contribution >= 4 is 17.6 Å². The summed E-state index contributed by atoms with van der Waals surface area (Å²) in [5.74, 6) is -0.445. The molecule has 14 heavy (non-hydrogen) atoms. The first-order valence-electron chi connectivity index (χ1n) is 4.00. The molecule has 0 spiro atoms. The van der Waals surface area contributed by atoms with Gasteiger partial charge in [0.05, 0.1) is 6.42 Å². The number of carbonyl (C=O) groups excluding carboxylic acids is 1. The lowest BCUT2D eigenvalue weighted by molar-refractivity contribution is -0.141.